The van der Waals surface area contributed by atoms with Gasteiger partial charge in [0.2, 0.25) is 0 Å². The van der Waals surface area contributed by atoms with Crippen molar-refractivity contribution in [1.82, 2.24) is 14.6 Å². The Morgan fingerprint density at radius 3 is 2.32 bits per heavy atom. The van der Waals surface area contributed by atoms with Crippen molar-refractivity contribution >= 4 is 11.6 Å². The van der Waals surface area contributed by atoms with Crippen LogP contribution in [0.4, 0.5) is 0 Å². The molecule has 0 aliphatic rings. The molecule has 1 aromatic carbocycles. The van der Waals surface area contributed by atoms with Crippen LogP contribution in [-0.4, -0.2) is 25.7 Å². The largest absolute Gasteiger partial charge is 0.481 e. The summed E-state index contributed by atoms with van der Waals surface area (Å²) in [6, 6.07) is 11.9. The van der Waals surface area contributed by atoms with E-state index >= 15 is 0 Å². The van der Waals surface area contributed by atoms with Crippen molar-refractivity contribution in [1.29, 1.82) is 0 Å². The molecule has 28 heavy (non-hydrogen) atoms. The number of hydrogen-bond acceptors (Lipinski definition) is 3. The van der Waals surface area contributed by atoms with Gasteiger partial charge in [-0.1, -0.05) is 64.4 Å². The molecule has 0 spiro atoms. The quantitative estimate of drug-likeness (QED) is 0.666. The Hall–Kier alpha value is -2.69. The van der Waals surface area contributed by atoms with Crippen molar-refractivity contribution in [3.05, 3.63) is 53.3 Å². The first-order valence-corrected chi connectivity index (χ1v) is 9.79. The predicted octanol–water partition coefficient (Wildman–Crippen LogP) is 5.14. The maximum absolute atomic E-state index is 12.4. The number of nitrogens with zero attached hydrogens (tertiary/aromatic N) is 3. The lowest BCUT2D eigenvalue weighted by molar-refractivity contribution is -0.143. The Morgan fingerprint density at radius 2 is 1.79 bits per heavy atom. The van der Waals surface area contributed by atoms with E-state index in [0.29, 0.717) is 6.42 Å². The molecule has 148 valence electrons. The highest BCUT2D eigenvalue weighted by Gasteiger charge is 2.40. The van der Waals surface area contributed by atoms with Crippen LogP contribution in [0.15, 0.2) is 36.4 Å². The highest BCUT2D eigenvalue weighted by Crippen LogP contribution is 2.39. The predicted molar refractivity (Wildman–Crippen MR) is 112 cm³/mol. The summed E-state index contributed by atoms with van der Waals surface area (Å²) >= 11 is 0. The van der Waals surface area contributed by atoms with E-state index in [1.165, 1.54) is 0 Å². The number of carbonyl (C=O) groups is 1. The topological polar surface area (TPSA) is 67.5 Å². The standard InChI is InChI=1S/C23H29N3O2/c1-7-13-23(6,21(27)28)19-15(2)24-18-14-17(22(3,4)5)25-26(18)20(19)16-11-9-8-10-12-16/h8-12,14H,7,13H2,1-6H3,(H,27,28). The summed E-state index contributed by atoms with van der Waals surface area (Å²) in [5, 5.41) is 15.0. The number of carboxylic acids is 1. The summed E-state index contributed by atoms with van der Waals surface area (Å²) in [6.07, 6.45) is 1.30. The number of carboxylic acid groups (broad SMARTS) is 1. The highest BCUT2D eigenvalue weighted by molar-refractivity contribution is 5.85. The van der Waals surface area contributed by atoms with Gasteiger partial charge in [-0.2, -0.15) is 5.10 Å². The molecular weight excluding hydrogens is 350 g/mol. The van der Waals surface area contributed by atoms with Crippen LogP contribution in [0.25, 0.3) is 16.9 Å². The second-order valence-corrected chi connectivity index (χ2v) is 8.72. The van der Waals surface area contributed by atoms with Crippen molar-refractivity contribution in [3.8, 4) is 11.3 Å². The Balaban J connectivity index is 2.47. The molecule has 5 heteroatoms. The molecule has 0 fully saturated rings. The van der Waals surface area contributed by atoms with Crippen LogP contribution in [0.5, 0.6) is 0 Å². The maximum atomic E-state index is 12.4. The molecule has 0 saturated carbocycles. The molecule has 0 bridgehead atoms. The molecule has 1 N–H and O–H groups in total. The molecule has 1 unspecified atom stereocenters. The van der Waals surface area contributed by atoms with E-state index in [1.807, 2.05) is 54.8 Å². The van der Waals surface area contributed by atoms with Crippen LogP contribution in [0.3, 0.4) is 0 Å². The summed E-state index contributed by atoms with van der Waals surface area (Å²) < 4.78 is 1.83. The summed E-state index contributed by atoms with van der Waals surface area (Å²) in [6.45, 7) is 12.1. The molecule has 3 rings (SSSR count). The minimum Gasteiger partial charge on any atom is -0.481 e. The van der Waals surface area contributed by atoms with E-state index in [2.05, 4.69) is 20.8 Å². The number of benzene rings is 1. The van der Waals surface area contributed by atoms with Gasteiger partial charge in [0, 0.05) is 28.3 Å². The minimum absolute atomic E-state index is 0.130. The van der Waals surface area contributed by atoms with Gasteiger partial charge in [0.25, 0.3) is 0 Å². The zero-order valence-electron chi connectivity index (χ0n) is 17.6. The Kier molecular flexibility index (Phi) is 5.04. The van der Waals surface area contributed by atoms with Crippen LogP contribution >= 0.6 is 0 Å². The van der Waals surface area contributed by atoms with Gasteiger partial charge in [-0.25, -0.2) is 9.50 Å². The van der Waals surface area contributed by atoms with Crippen molar-refractivity contribution in [2.45, 2.75) is 65.2 Å². The maximum Gasteiger partial charge on any atom is 0.313 e. The van der Waals surface area contributed by atoms with Gasteiger partial charge in [-0.3, -0.25) is 4.79 Å². The molecule has 3 aromatic rings. The molecular formula is C23H29N3O2. The second-order valence-electron chi connectivity index (χ2n) is 8.72. The number of aliphatic carboxylic acids is 1. The van der Waals surface area contributed by atoms with Gasteiger partial charge >= 0.3 is 5.97 Å². The zero-order valence-corrected chi connectivity index (χ0v) is 17.6. The summed E-state index contributed by atoms with van der Waals surface area (Å²) in [4.78, 5) is 17.2. The summed E-state index contributed by atoms with van der Waals surface area (Å²) in [5.41, 5.74) is 3.75. The first-order valence-electron chi connectivity index (χ1n) is 9.79. The summed E-state index contributed by atoms with van der Waals surface area (Å²) in [7, 11) is 0. The Labute approximate surface area is 166 Å². The molecule has 0 aliphatic carbocycles. The van der Waals surface area contributed by atoms with E-state index in [9.17, 15) is 9.90 Å². The van der Waals surface area contributed by atoms with Gasteiger partial charge in [0.05, 0.1) is 16.8 Å². The van der Waals surface area contributed by atoms with E-state index in [-0.39, 0.29) is 5.41 Å². The number of rotatable bonds is 5. The zero-order chi connectivity index (χ0) is 20.7. The molecule has 0 amide bonds. The normalized spacial score (nSPS) is 14.2. The van der Waals surface area contributed by atoms with Crippen molar-refractivity contribution in [2.75, 3.05) is 0 Å². The third kappa shape index (κ3) is 3.30. The lowest BCUT2D eigenvalue weighted by atomic mass is 9.76. The Morgan fingerprint density at radius 1 is 1.14 bits per heavy atom. The molecule has 0 saturated heterocycles. The third-order valence-electron chi connectivity index (χ3n) is 5.37. The number of hydrogen-bond donors (Lipinski definition) is 1. The second kappa shape index (κ2) is 7.04. The van der Waals surface area contributed by atoms with Gasteiger partial charge < -0.3 is 5.11 Å². The van der Waals surface area contributed by atoms with Gasteiger partial charge in [-0.15, -0.1) is 0 Å². The van der Waals surface area contributed by atoms with Crippen molar-refractivity contribution in [2.24, 2.45) is 0 Å². The monoisotopic (exact) mass is 379 g/mol. The van der Waals surface area contributed by atoms with Crippen LogP contribution < -0.4 is 0 Å². The van der Waals surface area contributed by atoms with Gasteiger partial charge in [-0.05, 0) is 20.3 Å². The van der Waals surface area contributed by atoms with Crippen molar-refractivity contribution in [3.63, 3.8) is 0 Å². The fourth-order valence-corrected chi connectivity index (χ4v) is 3.85. The van der Waals surface area contributed by atoms with Crippen LogP contribution in [0.2, 0.25) is 0 Å². The number of fused-ring (bicyclic) bond motifs is 1. The molecule has 1 atom stereocenters. The van der Waals surface area contributed by atoms with E-state index in [0.717, 1.165) is 40.3 Å². The fourth-order valence-electron chi connectivity index (χ4n) is 3.85. The van der Waals surface area contributed by atoms with Crippen LogP contribution in [-0.2, 0) is 15.6 Å². The van der Waals surface area contributed by atoms with E-state index < -0.39 is 11.4 Å². The highest BCUT2D eigenvalue weighted by atomic mass is 16.4. The van der Waals surface area contributed by atoms with Gasteiger partial charge in [0.15, 0.2) is 5.65 Å². The van der Waals surface area contributed by atoms with E-state index in [4.69, 9.17) is 10.1 Å². The average Bonchev–Trinajstić information content (AvgIpc) is 3.05. The molecule has 0 aliphatic heterocycles. The Bertz CT molecular complexity index is 1020. The average molecular weight is 380 g/mol. The first-order chi connectivity index (χ1) is 13.1. The smallest absolute Gasteiger partial charge is 0.313 e. The molecule has 0 radical (unpaired) electrons. The fraction of sp³-hybridized carbons (Fsp3) is 0.435. The number of aryl methyl sites for hydroxylation is 1. The number of aromatic nitrogens is 3. The van der Waals surface area contributed by atoms with E-state index in [1.54, 1.807) is 6.92 Å². The lowest BCUT2D eigenvalue weighted by Gasteiger charge is -2.29. The van der Waals surface area contributed by atoms with Crippen LogP contribution in [0, 0.1) is 6.92 Å². The van der Waals surface area contributed by atoms with Crippen LogP contribution in [0.1, 0.15) is 64.4 Å². The first kappa shape index (κ1) is 20.1. The third-order valence-corrected chi connectivity index (χ3v) is 5.37. The molecule has 5 nitrogen and oxygen atoms in total. The summed E-state index contributed by atoms with van der Waals surface area (Å²) in [5.74, 6) is -0.834. The molecule has 2 aromatic heterocycles. The van der Waals surface area contributed by atoms with Gasteiger partial charge in [0.1, 0.15) is 0 Å². The molecule has 2 heterocycles. The SMILES string of the molecule is CCCC(C)(C(=O)O)c1c(C)nc2cc(C(C)(C)C)nn2c1-c1ccccc1. The van der Waals surface area contributed by atoms with Crippen molar-refractivity contribution < 1.29 is 9.90 Å². The lowest BCUT2D eigenvalue weighted by Crippen LogP contribution is -2.35. The minimum atomic E-state index is -1.04.